The summed E-state index contributed by atoms with van der Waals surface area (Å²) in [4.78, 5) is 37.3. The second-order valence-corrected chi connectivity index (χ2v) is 6.23. The lowest BCUT2D eigenvalue weighted by atomic mass is 10.0. The summed E-state index contributed by atoms with van der Waals surface area (Å²) in [5.74, 6) is -1.76. The van der Waals surface area contributed by atoms with Crippen LogP contribution in [0.25, 0.3) is 0 Å². The number of hydrogen-bond donors (Lipinski definition) is 2. The molecule has 0 unspecified atom stereocenters. The van der Waals surface area contributed by atoms with Gasteiger partial charge in [-0.25, -0.2) is 4.79 Å². The fourth-order valence-corrected chi connectivity index (χ4v) is 2.54. The van der Waals surface area contributed by atoms with Gasteiger partial charge in [-0.05, 0) is 32.9 Å². The van der Waals surface area contributed by atoms with Crippen LogP contribution in [0.1, 0.15) is 27.2 Å². The topological polar surface area (TPSA) is 95.9 Å². The molecule has 0 saturated carbocycles. The van der Waals surface area contributed by atoms with E-state index in [1.54, 1.807) is 18.2 Å². The molecule has 24 heavy (non-hydrogen) atoms. The van der Waals surface area contributed by atoms with Gasteiger partial charge in [0.2, 0.25) is 11.8 Å². The van der Waals surface area contributed by atoms with Gasteiger partial charge < -0.3 is 20.1 Å². The number of carboxylic acids is 1. The fraction of sp³-hybridized carbons (Fsp3) is 0.471. The van der Waals surface area contributed by atoms with E-state index < -0.39 is 23.3 Å². The number of para-hydroxylation sites is 2. The molecule has 1 heterocycles. The molecule has 1 aromatic rings. The number of carbonyl (C=O) groups excluding carboxylic acids is 2. The Balaban J connectivity index is 2.14. The van der Waals surface area contributed by atoms with Gasteiger partial charge in [0.25, 0.3) is 0 Å². The van der Waals surface area contributed by atoms with Gasteiger partial charge in [-0.3, -0.25) is 9.59 Å². The van der Waals surface area contributed by atoms with Crippen LogP contribution in [0.5, 0.6) is 5.75 Å². The van der Waals surface area contributed by atoms with Gasteiger partial charge in [0.05, 0.1) is 18.2 Å². The SMILES string of the molecule is CCOc1ccccc1N1C[C@H](C(=O)NC(C)(C)C(=O)O)CC1=O. The Kier molecular flexibility index (Phi) is 5.11. The molecular formula is C17H22N2O5. The highest BCUT2D eigenvalue weighted by molar-refractivity contribution is 6.02. The van der Waals surface area contributed by atoms with Gasteiger partial charge in [-0.1, -0.05) is 12.1 Å². The van der Waals surface area contributed by atoms with E-state index in [1.165, 1.54) is 18.7 Å². The molecule has 2 N–H and O–H groups in total. The number of nitrogens with zero attached hydrogens (tertiary/aromatic N) is 1. The molecule has 7 nitrogen and oxygen atoms in total. The second kappa shape index (κ2) is 6.90. The first-order valence-corrected chi connectivity index (χ1v) is 7.84. The number of carbonyl (C=O) groups is 3. The molecule has 0 spiro atoms. The molecule has 2 rings (SSSR count). The number of anilines is 1. The van der Waals surface area contributed by atoms with Gasteiger partial charge >= 0.3 is 5.97 Å². The third-order valence-corrected chi connectivity index (χ3v) is 3.92. The van der Waals surface area contributed by atoms with Crippen molar-refractivity contribution in [3.63, 3.8) is 0 Å². The van der Waals surface area contributed by atoms with E-state index in [0.29, 0.717) is 18.0 Å². The van der Waals surface area contributed by atoms with Gasteiger partial charge in [0, 0.05) is 13.0 Å². The van der Waals surface area contributed by atoms with Crippen LogP contribution in [0.15, 0.2) is 24.3 Å². The lowest BCUT2D eigenvalue weighted by molar-refractivity contribution is -0.146. The van der Waals surface area contributed by atoms with Crippen LogP contribution in [-0.2, 0) is 14.4 Å². The Hall–Kier alpha value is -2.57. The van der Waals surface area contributed by atoms with Crippen LogP contribution in [-0.4, -0.2) is 41.6 Å². The van der Waals surface area contributed by atoms with Crippen LogP contribution in [0.2, 0.25) is 0 Å². The molecule has 1 fully saturated rings. The molecule has 2 amide bonds. The highest BCUT2D eigenvalue weighted by Crippen LogP contribution is 2.33. The van der Waals surface area contributed by atoms with Crippen molar-refractivity contribution in [2.75, 3.05) is 18.1 Å². The molecule has 0 bridgehead atoms. The van der Waals surface area contributed by atoms with E-state index in [1.807, 2.05) is 13.0 Å². The summed E-state index contributed by atoms with van der Waals surface area (Å²) < 4.78 is 5.53. The summed E-state index contributed by atoms with van der Waals surface area (Å²) in [6.07, 6.45) is 0.0436. The van der Waals surface area contributed by atoms with Crippen LogP contribution in [0.4, 0.5) is 5.69 Å². The lowest BCUT2D eigenvalue weighted by Crippen LogP contribution is -2.51. The zero-order valence-corrected chi connectivity index (χ0v) is 14.0. The highest BCUT2D eigenvalue weighted by Gasteiger charge is 2.39. The number of hydrogen-bond acceptors (Lipinski definition) is 4. The smallest absolute Gasteiger partial charge is 0.328 e. The zero-order valence-electron chi connectivity index (χ0n) is 14.0. The van der Waals surface area contributed by atoms with Crippen molar-refractivity contribution < 1.29 is 24.2 Å². The minimum Gasteiger partial charge on any atom is -0.492 e. The summed E-state index contributed by atoms with van der Waals surface area (Å²) in [6.45, 7) is 5.34. The maximum Gasteiger partial charge on any atom is 0.328 e. The molecule has 1 aliphatic rings. The molecular weight excluding hydrogens is 312 g/mol. The van der Waals surface area contributed by atoms with Gasteiger partial charge in [-0.2, -0.15) is 0 Å². The largest absolute Gasteiger partial charge is 0.492 e. The molecule has 0 aliphatic carbocycles. The van der Waals surface area contributed by atoms with E-state index in [-0.39, 0.29) is 18.9 Å². The maximum absolute atomic E-state index is 12.3. The third-order valence-electron chi connectivity index (χ3n) is 3.92. The van der Waals surface area contributed by atoms with Crippen molar-refractivity contribution in [2.45, 2.75) is 32.7 Å². The Morgan fingerprint density at radius 3 is 2.67 bits per heavy atom. The second-order valence-electron chi connectivity index (χ2n) is 6.23. The quantitative estimate of drug-likeness (QED) is 0.820. The highest BCUT2D eigenvalue weighted by atomic mass is 16.5. The van der Waals surface area contributed by atoms with E-state index >= 15 is 0 Å². The molecule has 0 aromatic heterocycles. The molecule has 7 heteroatoms. The van der Waals surface area contributed by atoms with E-state index in [0.717, 1.165) is 0 Å². The molecule has 1 saturated heterocycles. The standard InChI is InChI=1S/C17H22N2O5/c1-4-24-13-8-6-5-7-12(13)19-10-11(9-14(19)20)15(21)18-17(2,3)16(22)23/h5-8,11H,4,9-10H2,1-3H3,(H,18,21)(H,22,23)/t11-/m1/s1. The lowest BCUT2D eigenvalue weighted by Gasteiger charge is -2.23. The number of nitrogens with one attached hydrogen (secondary N) is 1. The summed E-state index contributed by atoms with van der Waals surface area (Å²) in [7, 11) is 0. The normalized spacial score (nSPS) is 17.7. The van der Waals surface area contributed by atoms with Crippen LogP contribution >= 0.6 is 0 Å². The number of rotatable bonds is 6. The number of benzene rings is 1. The Labute approximate surface area is 140 Å². The molecule has 130 valence electrons. The number of aliphatic carboxylic acids is 1. The van der Waals surface area contributed by atoms with Gasteiger partial charge in [0.15, 0.2) is 0 Å². The first-order valence-electron chi connectivity index (χ1n) is 7.84. The molecule has 1 atom stereocenters. The van der Waals surface area contributed by atoms with Crippen molar-refractivity contribution >= 4 is 23.5 Å². The molecule has 1 aliphatic heterocycles. The van der Waals surface area contributed by atoms with E-state index in [2.05, 4.69) is 5.32 Å². The predicted molar refractivity (Wildman–Crippen MR) is 87.9 cm³/mol. The summed E-state index contributed by atoms with van der Waals surface area (Å²) in [6, 6.07) is 7.15. The van der Waals surface area contributed by atoms with Crippen molar-refractivity contribution in [3.05, 3.63) is 24.3 Å². The van der Waals surface area contributed by atoms with Crippen LogP contribution < -0.4 is 15.0 Å². The minimum absolute atomic E-state index is 0.0436. The summed E-state index contributed by atoms with van der Waals surface area (Å²) >= 11 is 0. The maximum atomic E-state index is 12.3. The monoisotopic (exact) mass is 334 g/mol. The van der Waals surface area contributed by atoms with Crippen LogP contribution in [0, 0.1) is 5.92 Å². The van der Waals surface area contributed by atoms with Gasteiger partial charge in [-0.15, -0.1) is 0 Å². The average molecular weight is 334 g/mol. The Morgan fingerprint density at radius 2 is 2.04 bits per heavy atom. The van der Waals surface area contributed by atoms with E-state index in [4.69, 9.17) is 9.84 Å². The van der Waals surface area contributed by atoms with Crippen LogP contribution in [0.3, 0.4) is 0 Å². The molecule has 1 aromatic carbocycles. The van der Waals surface area contributed by atoms with Gasteiger partial charge in [0.1, 0.15) is 11.3 Å². The van der Waals surface area contributed by atoms with Crippen molar-refractivity contribution in [2.24, 2.45) is 5.92 Å². The average Bonchev–Trinajstić information content (AvgIpc) is 2.89. The number of ether oxygens (including phenoxy) is 1. The Bertz CT molecular complexity index is 656. The first-order chi connectivity index (χ1) is 11.3. The summed E-state index contributed by atoms with van der Waals surface area (Å²) in [5.41, 5.74) is -0.756. The molecule has 0 radical (unpaired) electrons. The Morgan fingerprint density at radius 1 is 1.38 bits per heavy atom. The van der Waals surface area contributed by atoms with Crippen molar-refractivity contribution in [3.8, 4) is 5.75 Å². The summed E-state index contributed by atoms with van der Waals surface area (Å²) in [5, 5.41) is 11.6. The van der Waals surface area contributed by atoms with Crippen molar-refractivity contribution in [1.29, 1.82) is 0 Å². The minimum atomic E-state index is -1.38. The number of carboxylic acid groups (broad SMARTS) is 1. The zero-order chi connectivity index (χ0) is 17.9. The van der Waals surface area contributed by atoms with Crippen molar-refractivity contribution in [1.82, 2.24) is 5.32 Å². The first kappa shape index (κ1) is 17.8. The predicted octanol–water partition coefficient (Wildman–Crippen LogP) is 1.42. The number of amides is 2. The third kappa shape index (κ3) is 3.67. The van der Waals surface area contributed by atoms with E-state index in [9.17, 15) is 14.4 Å². The fourth-order valence-electron chi connectivity index (χ4n) is 2.54.